The van der Waals surface area contributed by atoms with Crippen molar-refractivity contribution in [2.75, 3.05) is 18.4 Å². The molecule has 1 aromatic carbocycles. The van der Waals surface area contributed by atoms with E-state index in [1.54, 1.807) is 19.9 Å². The summed E-state index contributed by atoms with van der Waals surface area (Å²) in [4.78, 5) is 15.8. The molecule has 8 nitrogen and oxygen atoms in total. The van der Waals surface area contributed by atoms with Gasteiger partial charge in [-0.15, -0.1) is 0 Å². The number of carbonyl (C=O) groups is 1. The standard InChI is InChI=1S/C15H20ClN5O3S/c1-3-21(4-2)25(23,24)14-9-12(5-6-13(14)16)19-15(22)7-8-20-11-17-10-18-20/h5-6,9-11H,3-4,7-8H2,1-2H3,(H,19,22). The second-order valence-electron chi connectivity index (χ2n) is 5.19. The van der Waals surface area contributed by atoms with Crippen LogP contribution in [-0.4, -0.2) is 46.5 Å². The van der Waals surface area contributed by atoms with E-state index in [9.17, 15) is 13.2 Å². The van der Waals surface area contributed by atoms with E-state index < -0.39 is 10.0 Å². The minimum atomic E-state index is -3.71. The fourth-order valence-corrected chi connectivity index (χ4v) is 4.23. The molecule has 136 valence electrons. The highest BCUT2D eigenvalue weighted by molar-refractivity contribution is 7.89. The average Bonchev–Trinajstić information content (AvgIpc) is 3.09. The van der Waals surface area contributed by atoms with Gasteiger partial charge in [0.15, 0.2) is 0 Å². The van der Waals surface area contributed by atoms with Gasteiger partial charge in [0, 0.05) is 25.2 Å². The third-order valence-corrected chi connectivity index (χ3v) is 6.10. The molecule has 0 spiro atoms. The van der Waals surface area contributed by atoms with Crippen LogP contribution in [-0.2, 0) is 21.4 Å². The molecular formula is C15H20ClN5O3S. The first kappa shape index (κ1) is 19.4. The first-order valence-corrected chi connectivity index (χ1v) is 9.62. The molecule has 0 aliphatic rings. The highest BCUT2D eigenvalue weighted by Crippen LogP contribution is 2.27. The van der Waals surface area contributed by atoms with E-state index in [1.807, 2.05) is 0 Å². The number of aromatic nitrogens is 3. The molecule has 1 aromatic heterocycles. The molecule has 2 rings (SSSR count). The van der Waals surface area contributed by atoms with Crippen molar-refractivity contribution >= 4 is 33.2 Å². The maximum Gasteiger partial charge on any atom is 0.244 e. The molecule has 0 bridgehead atoms. The fourth-order valence-electron chi connectivity index (χ4n) is 2.27. The Morgan fingerprint density at radius 1 is 1.32 bits per heavy atom. The van der Waals surface area contributed by atoms with Gasteiger partial charge in [0.2, 0.25) is 15.9 Å². The second kappa shape index (κ2) is 8.41. The number of sulfonamides is 1. The predicted octanol–water partition coefficient (Wildman–Crippen LogP) is 1.99. The molecule has 1 N–H and O–H groups in total. The number of carbonyl (C=O) groups excluding carboxylic acids is 1. The van der Waals surface area contributed by atoms with E-state index in [4.69, 9.17) is 11.6 Å². The van der Waals surface area contributed by atoms with Gasteiger partial charge in [0.25, 0.3) is 0 Å². The highest BCUT2D eigenvalue weighted by atomic mass is 35.5. The molecule has 0 atom stereocenters. The zero-order valence-corrected chi connectivity index (χ0v) is 15.6. The smallest absolute Gasteiger partial charge is 0.244 e. The third kappa shape index (κ3) is 4.77. The summed E-state index contributed by atoms with van der Waals surface area (Å²) in [6.07, 6.45) is 3.09. The lowest BCUT2D eigenvalue weighted by atomic mass is 10.3. The molecule has 0 fully saturated rings. The summed E-state index contributed by atoms with van der Waals surface area (Å²) < 4.78 is 28.1. The van der Waals surface area contributed by atoms with Crippen molar-refractivity contribution in [3.05, 3.63) is 35.9 Å². The maximum absolute atomic E-state index is 12.6. The number of nitrogens with zero attached hydrogens (tertiary/aromatic N) is 4. The summed E-state index contributed by atoms with van der Waals surface area (Å²) >= 11 is 6.07. The molecule has 25 heavy (non-hydrogen) atoms. The summed E-state index contributed by atoms with van der Waals surface area (Å²) in [5, 5.41) is 6.71. The van der Waals surface area contributed by atoms with Gasteiger partial charge in [0.1, 0.15) is 17.6 Å². The topological polar surface area (TPSA) is 97.2 Å². The fraction of sp³-hybridized carbons (Fsp3) is 0.400. The van der Waals surface area contributed by atoms with Crippen molar-refractivity contribution in [1.82, 2.24) is 19.1 Å². The third-order valence-electron chi connectivity index (χ3n) is 3.57. The zero-order valence-electron chi connectivity index (χ0n) is 14.0. The molecule has 0 unspecified atom stereocenters. The maximum atomic E-state index is 12.6. The van der Waals surface area contributed by atoms with Gasteiger partial charge in [-0.3, -0.25) is 9.48 Å². The Labute approximate surface area is 151 Å². The number of hydrogen-bond acceptors (Lipinski definition) is 5. The Morgan fingerprint density at radius 2 is 2.04 bits per heavy atom. The zero-order chi connectivity index (χ0) is 18.4. The van der Waals surface area contributed by atoms with Crippen LogP contribution < -0.4 is 5.32 Å². The Bertz CT molecular complexity index is 820. The normalized spacial score (nSPS) is 11.7. The highest BCUT2D eigenvalue weighted by Gasteiger charge is 2.24. The molecule has 10 heteroatoms. The van der Waals surface area contributed by atoms with Crippen LogP contribution in [0.5, 0.6) is 0 Å². The van der Waals surface area contributed by atoms with Crippen LogP contribution in [0.15, 0.2) is 35.7 Å². The Balaban J connectivity index is 2.14. The van der Waals surface area contributed by atoms with E-state index in [0.717, 1.165) is 0 Å². The first-order valence-electron chi connectivity index (χ1n) is 7.80. The lowest BCUT2D eigenvalue weighted by Gasteiger charge is -2.19. The van der Waals surface area contributed by atoms with E-state index in [2.05, 4.69) is 15.4 Å². The van der Waals surface area contributed by atoms with Crippen molar-refractivity contribution in [3.63, 3.8) is 0 Å². The van der Waals surface area contributed by atoms with Crippen LogP contribution in [0.2, 0.25) is 5.02 Å². The number of anilines is 1. The molecule has 1 amide bonds. The number of halogens is 1. The Kier molecular flexibility index (Phi) is 6.51. The Hall–Kier alpha value is -1.97. The summed E-state index contributed by atoms with van der Waals surface area (Å²) in [5.74, 6) is -0.260. The van der Waals surface area contributed by atoms with Gasteiger partial charge < -0.3 is 5.32 Å². The minimum Gasteiger partial charge on any atom is -0.326 e. The number of rotatable bonds is 8. The van der Waals surface area contributed by atoms with Crippen LogP contribution in [0.4, 0.5) is 5.69 Å². The summed E-state index contributed by atoms with van der Waals surface area (Å²) in [5.41, 5.74) is 0.374. The number of amides is 1. The van der Waals surface area contributed by atoms with E-state index in [0.29, 0.717) is 25.3 Å². The van der Waals surface area contributed by atoms with Gasteiger partial charge in [-0.05, 0) is 18.2 Å². The monoisotopic (exact) mass is 385 g/mol. The second-order valence-corrected chi connectivity index (χ2v) is 7.50. The van der Waals surface area contributed by atoms with Gasteiger partial charge in [0.05, 0.1) is 11.6 Å². The van der Waals surface area contributed by atoms with E-state index in [-0.39, 0.29) is 22.2 Å². The lowest BCUT2D eigenvalue weighted by molar-refractivity contribution is -0.116. The number of nitrogens with one attached hydrogen (secondary N) is 1. The van der Waals surface area contributed by atoms with Gasteiger partial charge in [-0.2, -0.15) is 9.40 Å². The van der Waals surface area contributed by atoms with Gasteiger partial charge >= 0.3 is 0 Å². The van der Waals surface area contributed by atoms with E-state index in [1.165, 1.54) is 33.8 Å². The molecule has 0 saturated carbocycles. The molecule has 1 heterocycles. The van der Waals surface area contributed by atoms with Crippen LogP contribution in [0, 0.1) is 0 Å². The molecular weight excluding hydrogens is 366 g/mol. The molecule has 0 aliphatic heterocycles. The first-order chi connectivity index (χ1) is 11.9. The summed E-state index contributed by atoms with van der Waals surface area (Å²) in [6.45, 7) is 4.56. The largest absolute Gasteiger partial charge is 0.326 e. The van der Waals surface area contributed by atoms with Crippen molar-refractivity contribution < 1.29 is 13.2 Å². The van der Waals surface area contributed by atoms with E-state index >= 15 is 0 Å². The summed E-state index contributed by atoms with van der Waals surface area (Å²) in [7, 11) is -3.71. The van der Waals surface area contributed by atoms with Gasteiger partial charge in [-0.25, -0.2) is 13.4 Å². The minimum absolute atomic E-state index is 0.0213. The van der Waals surface area contributed by atoms with Crippen molar-refractivity contribution in [3.8, 4) is 0 Å². The van der Waals surface area contributed by atoms with Crippen molar-refractivity contribution in [2.45, 2.75) is 31.7 Å². The van der Waals surface area contributed by atoms with Crippen molar-refractivity contribution in [2.24, 2.45) is 0 Å². The molecule has 2 aromatic rings. The molecule has 0 aliphatic carbocycles. The van der Waals surface area contributed by atoms with Crippen LogP contribution in [0.25, 0.3) is 0 Å². The molecule has 0 radical (unpaired) electrons. The number of aryl methyl sites for hydroxylation is 1. The average molecular weight is 386 g/mol. The van der Waals surface area contributed by atoms with Crippen LogP contribution in [0.3, 0.4) is 0 Å². The van der Waals surface area contributed by atoms with Crippen molar-refractivity contribution in [1.29, 1.82) is 0 Å². The number of hydrogen-bond donors (Lipinski definition) is 1. The SMILES string of the molecule is CCN(CC)S(=O)(=O)c1cc(NC(=O)CCn2cncn2)ccc1Cl. The Morgan fingerprint density at radius 3 is 2.64 bits per heavy atom. The molecule has 0 saturated heterocycles. The van der Waals surface area contributed by atoms with Gasteiger partial charge in [-0.1, -0.05) is 25.4 Å². The number of benzene rings is 1. The predicted molar refractivity (Wildman–Crippen MR) is 94.8 cm³/mol. The summed E-state index contributed by atoms with van der Waals surface area (Å²) in [6, 6.07) is 4.41. The lowest BCUT2D eigenvalue weighted by Crippen LogP contribution is -2.30. The van der Waals surface area contributed by atoms with Crippen LogP contribution >= 0.6 is 11.6 Å². The quantitative estimate of drug-likeness (QED) is 0.749. The van der Waals surface area contributed by atoms with Crippen LogP contribution in [0.1, 0.15) is 20.3 Å².